The first kappa shape index (κ1) is 24.1. The fourth-order valence-electron chi connectivity index (χ4n) is 4.50. The van der Waals surface area contributed by atoms with Crippen molar-refractivity contribution in [3.8, 4) is 22.8 Å². The zero-order valence-corrected chi connectivity index (χ0v) is 20.9. The van der Waals surface area contributed by atoms with E-state index < -0.39 is 6.03 Å². The summed E-state index contributed by atoms with van der Waals surface area (Å²) < 4.78 is 11.4. The van der Waals surface area contributed by atoms with E-state index in [2.05, 4.69) is 39.5 Å². The maximum absolute atomic E-state index is 13.3. The highest BCUT2D eigenvalue weighted by atomic mass is 16.5. The summed E-state index contributed by atoms with van der Waals surface area (Å²) in [4.78, 5) is 30.0. The summed E-state index contributed by atoms with van der Waals surface area (Å²) in [5, 5.41) is 3.45. The van der Waals surface area contributed by atoms with Crippen molar-refractivity contribution in [2.45, 2.75) is 13.1 Å². The third-order valence-electron chi connectivity index (χ3n) is 6.26. The molecular weight excluding hydrogens is 468 g/mol. The highest BCUT2D eigenvalue weighted by Gasteiger charge is 2.28. The van der Waals surface area contributed by atoms with Gasteiger partial charge in [0.05, 0.1) is 18.4 Å². The van der Waals surface area contributed by atoms with Gasteiger partial charge in [0.2, 0.25) is 5.78 Å². The average Bonchev–Trinajstić information content (AvgIpc) is 3.39. The number of allylic oxidation sites excluding steroid dienone is 1. The number of nitrogens with zero attached hydrogens (tertiary/aromatic N) is 1. The Kier molecular flexibility index (Phi) is 6.42. The Morgan fingerprint density at radius 3 is 2.54 bits per heavy atom. The number of rotatable bonds is 7. The number of hydrogen-bond acceptors (Lipinski definition) is 5. The molecule has 37 heavy (non-hydrogen) atoms. The van der Waals surface area contributed by atoms with Crippen LogP contribution in [0.2, 0.25) is 0 Å². The second kappa shape index (κ2) is 9.83. The minimum atomic E-state index is -0.624. The molecule has 2 heterocycles. The number of fused-ring (bicyclic) bond motifs is 2. The molecule has 0 spiro atoms. The first-order valence-electron chi connectivity index (χ1n) is 11.9. The maximum atomic E-state index is 13.3. The number of hydrogen-bond donors (Lipinski definition) is 3. The van der Waals surface area contributed by atoms with Crippen LogP contribution in [-0.2, 0) is 13.1 Å². The number of H-pyrrole nitrogens is 1. The van der Waals surface area contributed by atoms with Crippen molar-refractivity contribution >= 4 is 28.8 Å². The van der Waals surface area contributed by atoms with Crippen molar-refractivity contribution in [2.75, 3.05) is 21.2 Å². The number of aromatic amines is 1. The molecule has 4 N–H and O–H groups in total. The van der Waals surface area contributed by atoms with Crippen molar-refractivity contribution in [3.05, 3.63) is 88.7 Å². The SMILES string of the molecule is COc1ccc2[nH]c(-c3ccc(CN(C)C)cc3)c(C=C3Oc4ccc(CNC(N)=O)cc4C3=O)c2c1. The predicted molar refractivity (Wildman–Crippen MR) is 143 cm³/mol. The second-order valence-corrected chi connectivity index (χ2v) is 9.25. The third kappa shape index (κ3) is 4.92. The number of amides is 2. The van der Waals surface area contributed by atoms with Crippen molar-refractivity contribution in [1.82, 2.24) is 15.2 Å². The molecule has 0 saturated carbocycles. The Bertz CT molecular complexity index is 1530. The summed E-state index contributed by atoms with van der Waals surface area (Å²) in [5.74, 6) is 1.20. The first-order valence-corrected chi connectivity index (χ1v) is 11.9. The summed E-state index contributed by atoms with van der Waals surface area (Å²) in [6.45, 7) is 1.07. The molecule has 0 aliphatic carbocycles. The number of primary amides is 1. The maximum Gasteiger partial charge on any atom is 0.312 e. The highest BCUT2D eigenvalue weighted by Crippen LogP contribution is 2.38. The Labute approximate surface area is 214 Å². The van der Waals surface area contributed by atoms with E-state index >= 15 is 0 Å². The average molecular weight is 497 g/mol. The van der Waals surface area contributed by atoms with Crippen molar-refractivity contribution in [2.24, 2.45) is 5.73 Å². The number of nitrogens with one attached hydrogen (secondary N) is 2. The topological polar surface area (TPSA) is 110 Å². The second-order valence-electron chi connectivity index (χ2n) is 9.25. The zero-order valence-electron chi connectivity index (χ0n) is 20.9. The van der Waals surface area contributed by atoms with E-state index in [9.17, 15) is 9.59 Å². The lowest BCUT2D eigenvalue weighted by Crippen LogP contribution is -2.28. The molecule has 8 nitrogen and oxygen atoms in total. The quantitative estimate of drug-likeness (QED) is 0.322. The van der Waals surface area contributed by atoms with Crippen LogP contribution in [0.15, 0.2) is 66.4 Å². The minimum Gasteiger partial charge on any atom is -0.497 e. The lowest BCUT2D eigenvalue weighted by atomic mass is 10.0. The van der Waals surface area contributed by atoms with Crippen LogP contribution in [0.4, 0.5) is 4.79 Å². The minimum absolute atomic E-state index is 0.222. The molecule has 2 amide bonds. The molecule has 0 fully saturated rings. The first-order chi connectivity index (χ1) is 17.8. The molecule has 3 aromatic carbocycles. The Morgan fingerprint density at radius 2 is 1.84 bits per heavy atom. The third-order valence-corrected chi connectivity index (χ3v) is 6.26. The molecule has 8 heteroatoms. The van der Waals surface area contributed by atoms with E-state index in [0.29, 0.717) is 17.1 Å². The van der Waals surface area contributed by atoms with Gasteiger partial charge in [0.1, 0.15) is 11.5 Å². The highest BCUT2D eigenvalue weighted by molar-refractivity contribution is 6.16. The molecular formula is C29H28N4O4. The fourth-order valence-corrected chi connectivity index (χ4v) is 4.50. The molecule has 0 bridgehead atoms. The van der Waals surface area contributed by atoms with Crippen LogP contribution < -0.4 is 20.5 Å². The van der Waals surface area contributed by atoms with Crippen LogP contribution >= 0.6 is 0 Å². The normalized spacial score (nSPS) is 13.7. The van der Waals surface area contributed by atoms with Gasteiger partial charge < -0.3 is 30.4 Å². The van der Waals surface area contributed by atoms with Gasteiger partial charge in [0.25, 0.3) is 0 Å². The molecule has 188 valence electrons. The lowest BCUT2D eigenvalue weighted by Gasteiger charge is -2.10. The van der Waals surface area contributed by atoms with Gasteiger partial charge in [-0.3, -0.25) is 4.79 Å². The molecule has 4 aromatic rings. The van der Waals surface area contributed by atoms with Crippen LogP contribution in [0.25, 0.3) is 28.2 Å². The predicted octanol–water partition coefficient (Wildman–Crippen LogP) is 4.69. The number of carbonyl (C=O) groups excluding carboxylic acids is 2. The van der Waals surface area contributed by atoms with Gasteiger partial charge in [0, 0.05) is 29.6 Å². The molecule has 0 unspecified atom stereocenters. The van der Waals surface area contributed by atoms with Gasteiger partial charge in [-0.25, -0.2) is 4.79 Å². The fraction of sp³-hybridized carbons (Fsp3) is 0.172. The monoisotopic (exact) mass is 496 g/mol. The number of ketones is 1. The van der Waals surface area contributed by atoms with Gasteiger partial charge >= 0.3 is 6.03 Å². The summed E-state index contributed by atoms with van der Waals surface area (Å²) in [6, 6.07) is 18.8. The summed E-state index contributed by atoms with van der Waals surface area (Å²) in [6.07, 6.45) is 1.78. The van der Waals surface area contributed by atoms with Gasteiger partial charge in [0.15, 0.2) is 5.76 Å². The zero-order chi connectivity index (χ0) is 26.1. The van der Waals surface area contributed by atoms with Crippen molar-refractivity contribution in [1.29, 1.82) is 0 Å². The van der Waals surface area contributed by atoms with Crippen LogP contribution in [-0.4, -0.2) is 42.9 Å². The number of ether oxygens (including phenoxy) is 2. The summed E-state index contributed by atoms with van der Waals surface area (Å²) in [7, 11) is 5.70. The largest absolute Gasteiger partial charge is 0.497 e. The van der Waals surface area contributed by atoms with Gasteiger partial charge in [-0.2, -0.15) is 0 Å². The van der Waals surface area contributed by atoms with Gasteiger partial charge in [-0.05, 0) is 67.2 Å². The number of aromatic nitrogens is 1. The van der Waals surface area contributed by atoms with Gasteiger partial charge in [-0.15, -0.1) is 0 Å². The van der Waals surface area contributed by atoms with Gasteiger partial charge in [-0.1, -0.05) is 30.3 Å². The molecule has 1 aromatic heterocycles. The summed E-state index contributed by atoms with van der Waals surface area (Å²) >= 11 is 0. The Balaban J connectivity index is 1.56. The van der Waals surface area contributed by atoms with Crippen LogP contribution in [0.1, 0.15) is 27.0 Å². The van der Waals surface area contributed by atoms with Crippen LogP contribution in [0, 0.1) is 0 Å². The number of benzene rings is 3. The van der Waals surface area contributed by atoms with Crippen LogP contribution in [0.3, 0.4) is 0 Å². The molecule has 0 radical (unpaired) electrons. The standard InChI is InChI=1S/C29H28N4O4/c1-33(2)16-17-4-7-19(8-5-17)27-22(21-13-20(36-3)9-10-24(21)32-27)14-26-28(34)23-12-18(15-31-29(30)35)6-11-25(23)37-26/h4-14,32H,15-16H2,1-3H3,(H3,30,31,35). The number of carbonyl (C=O) groups is 2. The van der Waals surface area contributed by atoms with Crippen LogP contribution in [0.5, 0.6) is 11.5 Å². The smallest absolute Gasteiger partial charge is 0.312 e. The van der Waals surface area contributed by atoms with Crippen molar-refractivity contribution < 1.29 is 19.1 Å². The lowest BCUT2D eigenvalue weighted by molar-refractivity contribution is 0.101. The van der Waals surface area contributed by atoms with E-state index in [1.54, 1.807) is 31.4 Å². The van der Waals surface area contributed by atoms with E-state index in [-0.39, 0.29) is 18.1 Å². The van der Waals surface area contributed by atoms with E-state index in [1.165, 1.54) is 5.56 Å². The molecule has 5 rings (SSSR count). The van der Waals surface area contributed by atoms with E-state index in [4.69, 9.17) is 15.2 Å². The molecule has 0 saturated heterocycles. The number of urea groups is 1. The van der Waals surface area contributed by atoms with E-state index in [0.717, 1.165) is 39.8 Å². The Morgan fingerprint density at radius 1 is 1.08 bits per heavy atom. The molecule has 1 aliphatic heterocycles. The van der Waals surface area contributed by atoms with E-state index in [1.807, 2.05) is 32.3 Å². The number of nitrogens with two attached hydrogens (primary N) is 1. The molecule has 0 atom stereocenters. The Hall–Kier alpha value is -4.56. The molecule has 1 aliphatic rings. The van der Waals surface area contributed by atoms with Crippen molar-refractivity contribution in [3.63, 3.8) is 0 Å². The number of methoxy groups -OCH3 is 1. The summed E-state index contributed by atoms with van der Waals surface area (Å²) in [5.41, 5.74) is 11.2. The number of Topliss-reactive ketones (excluding diaryl/α,β-unsaturated/α-hetero) is 1.